The van der Waals surface area contributed by atoms with Crippen molar-refractivity contribution in [3.8, 4) is 0 Å². The molecule has 0 unspecified atom stereocenters. The average Bonchev–Trinajstić information content (AvgIpc) is 2.91. The highest BCUT2D eigenvalue weighted by Crippen LogP contribution is 2.50. The second-order valence-corrected chi connectivity index (χ2v) is 13.4. The molecule has 1 aliphatic heterocycles. The predicted molar refractivity (Wildman–Crippen MR) is 162 cm³/mol. The summed E-state index contributed by atoms with van der Waals surface area (Å²) in [5, 5.41) is 21.2. The van der Waals surface area contributed by atoms with Crippen LogP contribution in [0.4, 0.5) is 11.4 Å². The van der Waals surface area contributed by atoms with Crippen molar-refractivity contribution in [1.29, 1.82) is 0 Å². The molecule has 6 N–H and O–H groups in total. The van der Waals surface area contributed by atoms with E-state index in [1.807, 2.05) is 50.2 Å². The molecular weight excluding hydrogens is 512 g/mol. The van der Waals surface area contributed by atoms with Crippen LogP contribution < -0.4 is 20.3 Å². The maximum Gasteiger partial charge on any atom is 0.251 e. The van der Waals surface area contributed by atoms with Gasteiger partial charge in [-0.3, -0.25) is 18.2 Å². The van der Waals surface area contributed by atoms with Crippen molar-refractivity contribution in [2.45, 2.75) is 89.4 Å². The lowest BCUT2D eigenvalue weighted by Gasteiger charge is -2.47. The van der Waals surface area contributed by atoms with Crippen molar-refractivity contribution in [2.24, 2.45) is 0 Å². The van der Waals surface area contributed by atoms with Crippen molar-refractivity contribution >= 4 is 28.1 Å². The van der Waals surface area contributed by atoms with Crippen LogP contribution in [0.5, 0.6) is 0 Å². The maximum atomic E-state index is 13.7. The van der Waals surface area contributed by atoms with E-state index in [1.54, 1.807) is 16.4 Å². The first-order valence-electron chi connectivity index (χ1n) is 14.4. The highest BCUT2D eigenvalue weighted by molar-refractivity contribution is 8.25. The van der Waals surface area contributed by atoms with Gasteiger partial charge in [0.05, 0.1) is 23.6 Å². The molecule has 0 spiro atoms. The van der Waals surface area contributed by atoms with E-state index in [9.17, 15) is 19.0 Å². The number of rotatable bonds is 11. The highest BCUT2D eigenvalue weighted by atomic mass is 32.3. The number of benzene rings is 2. The topological polar surface area (TPSA) is 117 Å². The molecule has 8 nitrogen and oxygen atoms in total. The van der Waals surface area contributed by atoms with Crippen LogP contribution in [0.3, 0.4) is 0 Å². The van der Waals surface area contributed by atoms with Crippen molar-refractivity contribution in [3.63, 3.8) is 0 Å². The van der Waals surface area contributed by atoms with Crippen molar-refractivity contribution in [1.82, 2.24) is 10.6 Å². The van der Waals surface area contributed by atoms with E-state index in [-0.39, 0.29) is 11.9 Å². The first-order valence-corrected chi connectivity index (χ1v) is 16.1. The minimum absolute atomic E-state index is 0.136. The average molecular weight is 559 g/mol. The van der Waals surface area contributed by atoms with Gasteiger partial charge < -0.3 is 21.1 Å². The normalized spacial score (nSPS) is 20.3. The summed E-state index contributed by atoms with van der Waals surface area (Å²) < 4.78 is 23.1. The molecule has 1 saturated carbocycles. The third-order valence-electron chi connectivity index (χ3n) is 7.61. The predicted octanol–water partition coefficient (Wildman–Crippen LogP) is 5.40. The smallest absolute Gasteiger partial charge is 0.251 e. The summed E-state index contributed by atoms with van der Waals surface area (Å²) in [5.41, 5.74) is 2.82. The zero-order valence-electron chi connectivity index (χ0n) is 23.3. The van der Waals surface area contributed by atoms with E-state index in [0.717, 1.165) is 36.9 Å². The minimum Gasteiger partial charge on any atom is -0.390 e. The molecule has 0 radical (unpaired) electrons. The Morgan fingerprint density at radius 3 is 2.46 bits per heavy atom. The lowest BCUT2D eigenvalue weighted by Crippen LogP contribution is -2.50. The second-order valence-electron chi connectivity index (χ2n) is 11.3. The summed E-state index contributed by atoms with van der Waals surface area (Å²) in [4.78, 5) is 13.7. The van der Waals surface area contributed by atoms with Crippen LogP contribution in [0.15, 0.2) is 48.5 Å². The maximum absolute atomic E-state index is 13.7. The molecule has 0 aromatic heterocycles. The number of aliphatic hydroxyl groups is 1. The van der Waals surface area contributed by atoms with E-state index in [1.165, 1.54) is 19.3 Å². The number of aliphatic hydroxyl groups excluding tert-OH is 1. The molecule has 2 aromatic rings. The van der Waals surface area contributed by atoms with Gasteiger partial charge in [-0.05, 0) is 69.7 Å². The number of hydrogen-bond donors (Lipinski definition) is 6. The standard InChI is InChI=1S/C30H46N4O4S/c1-22(2)32-26-18-24(19-27(20-26)34-15-9-10-16-39(34,37)38)30(36)33-28(17-23-11-5-3-6-12-23)29(35)21-31-25-13-7-4-8-14-25/h3,5-6,11-12,18-20,22,25,28-29,31-32,35,37-38H,4,7-10,13-17,21H2,1-2H3,(H,33,36)/t28-,29-/m0/s1. The van der Waals surface area contributed by atoms with Crippen LogP contribution in [0.2, 0.25) is 0 Å². The third-order valence-corrected chi connectivity index (χ3v) is 9.54. The van der Waals surface area contributed by atoms with E-state index in [2.05, 4.69) is 16.0 Å². The fraction of sp³-hybridized carbons (Fsp3) is 0.567. The molecule has 216 valence electrons. The van der Waals surface area contributed by atoms with Gasteiger partial charge in [-0.25, -0.2) is 0 Å². The van der Waals surface area contributed by atoms with Crippen LogP contribution in [0.1, 0.15) is 74.7 Å². The minimum atomic E-state index is -2.93. The number of nitrogens with zero attached hydrogens (tertiary/aromatic N) is 1. The number of anilines is 2. The largest absolute Gasteiger partial charge is 0.390 e. The Bertz CT molecular complexity index is 1060. The Balaban J connectivity index is 1.55. The van der Waals surface area contributed by atoms with Crippen molar-refractivity contribution < 1.29 is 19.0 Å². The quantitative estimate of drug-likeness (QED) is 0.219. The molecule has 1 saturated heterocycles. The fourth-order valence-electron chi connectivity index (χ4n) is 5.55. The van der Waals surface area contributed by atoms with Crippen LogP contribution in [-0.4, -0.2) is 63.2 Å². The summed E-state index contributed by atoms with van der Waals surface area (Å²) in [6.45, 7) is 4.98. The fourth-order valence-corrected chi connectivity index (χ4v) is 7.22. The molecular formula is C30H46N4O4S. The molecule has 1 heterocycles. The van der Waals surface area contributed by atoms with Gasteiger partial charge in [0.2, 0.25) is 0 Å². The molecule has 1 amide bonds. The van der Waals surface area contributed by atoms with Crippen LogP contribution in [-0.2, 0) is 6.42 Å². The number of hydrogen-bond acceptors (Lipinski definition) is 7. The molecule has 0 bridgehead atoms. The van der Waals surface area contributed by atoms with Gasteiger partial charge in [0.15, 0.2) is 0 Å². The van der Waals surface area contributed by atoms with Gasteiger partial charge in [0.25, 0.3) is 5.91 Å². The van der Waals surface area contributed by atoms with Gasteiger partial charge in [0, 0.05) is 36.4 Å². The Morgan fingerprint density at radius 2 is 1.77 bits per heavy atom. The second kappa shape index (κ2) is 13.9. The number of nitrogens with one attached hydrogen (secondary N) is 3. The van der Waals surface area contributed by atoms with E-state index in [4.69, 9.17) is 0 Å². The SMILES string of the molecule is CC(C)Nc1cc(C(=O)N[C@@H](Cc2ccccc2)[C@@H](O)CNC2CCCCC2)cc(N2CCCCS2(O)O)c1. The van der Waals surface area contributed by atoms with Crippen molar-refractivity contribution in [3.05, 3.63) is 59.7 Å². The van der Waals surface area contributed by atoms with Gasteiger partial charge in [-0.15, -0.1) is 10.8 Å². The molecule has 9 heteroatoms. The summed E-state index contributed by atoms with van der Waals surface area (Å²) in [7, 11) is -2.93. The first-order chi connectivity index (χ1) is 18.7. The molecule has 1 aliphatic carbocycles. The Morgan fingerprint density at radius 1 is 1.03 bits per heavy atom. The van der Waals surface area contributed by atoms with Crippen LogP contribution >= 0.6 is 10.8 Å². The molecule has 2 atom stereocenters. The summed E-state index contributed by atoms with van der Waals surface area (Å²) in [6, 6.07) is 15.3. The zero-order chi connectivity index (χ0) is 27.8. The molecule has 2 aliphatic rings. The molecule has 39 heavy (non-hydrogen) atoms. The van der Waals surface area contributed by atoms with Gasteiger partial charge in [0.1, 0.15) is 0 Å². The molecule has 2 aromatic carbocycles. The van der Waals surface area contributed by atoms with Crippen LogP contribution in [0.25, 0.3) is 0 Å². The summed E-state index contributed by atoms with van der Waals surface area (Å²) in [5.74, 6) is 0.0326. The Kier molecular flexibility index (Phi) is 10.5. The van der Waals surface area contributed by atoms with Gasteiger partial charge >= 0.3 is 0 Å². The van der Waals surface area contributed by atoms with Gasteiger partial charge in [-0.1, -0.05) is 49.6 Å². The first kappa shape index (κ1) is 29.7. The summed E-state index contributed by atoms with van der Waals surface area (Å²) in [6.07, 6.45) is 7.30. The van der Waals surface area contributed by atoms with E-state index < -0.39 is 22.9 Å². The summed E-state index contributed by atoms with van der Waals surface area (Å²) >= 11 is 0. The van der Waals surface area contributed by atoms with E-state index in [0.29, 0.717) is 42.6 Å². The number of amides is 1. The number of carbonyl (C=O) groups excluding carboxylic acids is 1. The monoisotopic (exact) mass is 558 g/mol. The van der Waals surface area contributed by atoms with E-state index >= 15 is 0 Å². The highest BCUT2D eigenvalue weighted by Gasteiger charge is 2.29. The number of carbonyl (C=O) groups is 1. The van der Waals surface area contributed by atoms with Gasteiger partial charge in [-0.2, -0.15) is 0 Å². The lowest BCUT2D eigenvalue weighted by atomic mass is 9.95. The van der Waals surface area contributed by atoms with Crippen LogP contribution in [0, 0.1) is 0 Å². The molecule has 2 fully saturated rings. The lowest BCUT2D eigenvalue weighted by molar-refractivity contribution is 0.0821. The Hall–Kier alpha value is -2.30. The molecule has 4 rings (SSSR count). The third kappa shape index (κ3) is 8.59. The van der Waals surface area contributed by atoms with Crippen molar-refractivity contribution in [2.75, 3.05) is 28.5 Å². The Labute approximate surface area is 235 Å². The zero-order valence-corrected chi connectivity index (χ0v) is 24.1.